The lowest BCUT2D eigenvalue weighted by Gasteiger charge is -2.40. The summed E-state index contributed by atoms with van der Waals surface area (Å²) in [5.74, 6) is 0.382. The largest absolute Gasteiger partial charge is 0.412 e. The lowest BCUT2D eigenvalue weighted by atomic mass is 9.79. The molecule has 0 aromatic heterocycles. The van der Waals surface area contributed by atoms with Crippen LogP contribution in [0.2, 0.25) is 18.1 Å². The van der Waals surface area contributed by atoms with Gasteiger partial charge in [-0.1, -0.05) is 96.3 Å². The zero-order valence-electron chi connectivity index (χ0n) is 35.8. The van der Waals surface area contributed by atoms with Gasteiger partial charge in [-0.3, -0.25) is 14.5 Å². The number of amides is 2. The Labute approximate surface area is 344 Å². The molecule has 0 spiro atoms. The third-order valence-electron chi connectivity index (χ3n) is 13.9. The van der Waals surface area contributed by atoms with Gasteiger partial charge in [0.05, 0.1) is 60.4 Å². The van der Waals surface area contributed by atoms with Crippen molar-refractivity contribution in [2.45, 2.75) is 160 Å². The third kappa shape index (κ3) is 10.2. The molecule has 3 saturated heterocycles. The molecule has 7 nitrogen and oxygen atoms in total. The topological polar surface area (TPSA) is 74.3 Å². The first-order valence-corrected chi connectivity index (χ1v) is 24.6. The number of benzene rings is 2. The highest BCUT2D eigenvalue weighted by atomic mass is 28.4. The molecule has 4 heterocycles. The number of carbonyl (C=O) groups excluding carboxylic acids is 2. The first kappa shape index (κ1) is 43.4. The van der Waals surface area contributed by atoms with Crippen LogP contribution in [0.3, 0.4) is 0 Å². The van der Waals surface area contributed by atoms with Gasteiger partial charge in [0.2, 0.25) is 0 Å². The van der Waals surface area contributed by atoms with Crippen LogP contribution in [-0.2, 0) is 25.1 Å². The molecule has 10 atom stereocenters. The highest BCUT2D eigenvalue weighted by molar-refractivity contribution is 6.74. The Balaban J connectivity index is 1.19. The van der Waals surface area contributed by atoms with E-state index in [1.54, 1.807) is 12.1 Å². The fourth-order valence-corrected chi connectivity index (χ4v) is 10.7. The maximum absolute atomic E-state index is 13.6. The lowest BCUT2D eigenvalue weighted by molar-refractivity contribution is -0.0762. The summed E-state index contributed by atoms with van der Waals surface area (Å²) in [6, 6.07) is 17.8. The monoisotopic (exact) mass is 795 g/mol. The summed E-state index contributed by atoms with van der Waals surface area (Å²) in [6.07, 6.45) is 10.8. The quantitative estimate of drug-likeness (QED) is 0.0902. The number of hydrogen-bond donors (Lipinski definition) is 0. The predicted molar refractivity (Wildman–Crippen MR) is 232 cm³/mol. The van der Waals surface area contributed by atoms with Gasteiger partial charge < -0.3 is 18.6 Å². The highest BCUT2D eigenvalue weighted by Gasteiger charge is 2.48. The molecular weight excluding hydrogens is 727 g/mol. The summed E-state index contributed by atoms with van der Waals surface area (Å²) in [6.45, 7) is 28.8. The summed E-state index contributed by atoms with van der Waals surface area (Å²) in [4.78, 5) is 28.6. The van der Waals surface area contributed by atoms with Crippen molar-refractivity contribution in [1.82, 2.24) is 4.90 Å². The summed E-state index contributed by atoms with van der Waals surface area (Å²) < 4.78 is 27.7. The first-order valence-electron chi connectivity index (χ1n) is 21.7. The molecule has 4 aliphatic rings. The molecule has 310 valence electrons. The van der Waals surface area contributed by atoms with Crippen molar-refractivity contribution in [3.05, 3.63) is 108 Å². The van der Waals surface area contributed by atoms with E-state index < -0.39 is 8.32 Å². The smallest absolute Gasteiger partial charge is 0.261 e. The van der Waals surface area contributed by atoms with Gasteiger partial charge in [0.15, 0.2) is 8.32 Å². The normalized spacial score (nSPS) is 29.9. The second kappa shape index (κ2) is 18.4. The van der Waals surface area contributed by atoms with Crippen molar-refractivity contribution in [2.75, 3.05) is 6.54 Å². The second-order valence-corrected chi connectivity index (χ2v) is 23.8. The van der Waals surface area contributed by atoms with Crippen molar-refractivity contribution in [3.63, 3.8) is 0 Å². The Bertz CT molecular complexity index is 1710. The maximum Gasteiger partial charge on any atom is 0.261 e. The number of hydrogen-bond acceptors (Lipinski definition) is 6. The standard InChI is InChI=1S/C49H69NO6Si/c1-11-12-20-37-28-33(3)43(53-37)26-24-38-27-32(2)34(4)45(54-38)30-46-40(25-23-36-18-14-13-15-19-36)35(5)44(55-46)29-39(56-57(9,10)49(6,7)8)31-50-47(51)41-21-16-17-22-42(41)48(50)52/h11,13-19,21-22,32,35,37-40,43-46H,1,3-4,12,20,23-31H2,2,5-10H3/t32-,35-,37+,38+,39+,40?,43?,44?,45?,46+/m1/s1. The number of ether oxygens (including phenoxy) is 3. The molecule has 4 aliphatic heterocycles. The SMILES string of the molecule is C=CCC[C@H]1CC(=C)C(CC[C@H]2C[C@@H](C)C(=C)C(C[C@@H]3OC(C[C@@H](CN4C(=O)c5ccccc5C4=O)O[Si](C)(C)C(C)(C)C)[C@H](C)C3CCc3ccccc3)O2)O1. The van der Waals surface area contributed by atoms with E-state index in [1.807, 2.05) is 18.2 Å². The van der Waals surface area contributed by atoms with E-state index in [0.29, 0.717) is 23.5 Å². The number of allylic oxidation sites excluding steroid dienone is 1. The summed E-state index contributed by atoms with van der Waals surface area (Å²) in [7, 11) is -2.30. The molecule has 2 aromatic rings. The van der Waals surface area contributed by atoms with Crippen LogP contribution in [0.15, 0.2) is 91.6 Å². The molecule has 8 heteroatoms. The Hall–Kier alpha value is -3.14. The molecule has 4 unspecified atom stereocenters. The Morgan fingerprint density at radius 2 is 1.51 bits per heavy atom. The van der Waals surface area contributed by atoms with Crippen LogP contribution in [0.5, 0.6) is 0 Å². The molecule has 3 fully saturated rings. The van der Waals surface area contributed by atoms with Crippen molar-refractivity contribution >= 4 is 20.1 Å². The van der Waals surface area contributed by atoms with Gasteiger partial charge in [-0.05, 0) is 116 Å². The van der Waals surface area contributed by atoms with E-state index >= 15 is 0 Å². The zero-order valence-corrected chi connectivity index (χ0v) is 36.8. The first-order chi connectivity index (χ1) is 27.1. The van der Waals surface area contributed by atoms with Gasteiger partial charge in [0.25, 0.3) is 11.8 Å². The van der Waals surface area contributed by atoms with Crippen molar-refractivity contribution in [1.29, 1.82) is 0 Å². The minimum absolute atomic E-state index is 0.0298. The minimum atomic E-state index is -2.30. The average molecular weight is 796 g/mol. The fraction of sp³-hybridized carbons (Fsp3) is 0.592. The number of carbonyl (C=O) groups is 2. The number of imide groups is 1. The molecule has 0 radical (unpaired) electrons. The molecule has 0 saturated carbocycles. The van der Waals surface area contributed by atoms with E-state index in [2.05, 4.69) is 97.8 Å². The Morgan fingerprint density at radius 1 is 0.860 bits per heavy atom. The van der Waals surface area contributed by atoms with Crippen LogP contribution in [0.1, 0.15) is 119 Å². The summed E-state index contributed by atoms with van der Waals surface area (Å²) in [5.41, 5.74) is 4.62. The van der Waals surface area contributed by atoms with Gasteiger partial charge in [0.1, 0.15) is 0 Å². The van der Waals surface area contributed by atoms with Crippen LogP contribution in [0.25, 0.3) is 0 Å². The van der Waals surface area contributed by atoms with Gasteiger partial charge >= 0.3 is 0 Å². The number of aryl methyl sites for hydroxylation is 1. The minimum Gasteiger partial charge on any atom is -0.412 e. The Morgan fingerprint density at radius 3 is 2.16 bits per heavy atom. The van der Waals surface area contributed by atoms with E-state index in [4.69, 9.17) is 18.6 Å². The zero-order chi connectivity index (χ0) is 41.1. The van der Waals surface area contributed by atoms with Crippen LogP contribution in [0, 0.1) is 17.8 Å². The number of rotatable bonds is 17. The second-order valence-electron chi connectivity index (χ2n) is 19.0. The van der Waals surface area contributed by atoms with E-state index in [1.165, 1.54) is 16.0 Å². The Kier molecular flexibility index (Phi) is 14.0. The molecule has 0 bridgehead atoms. The third-order valence-corrected chi connectivity index (χ3v) is 18.5. The van der Waals surface area contributed by atoms with E-state index in [0.717, 1.165) is 63.4 Å². The van der Waals surface area contributed by atoms with Gasteiger partial charge in [-0.15, -0.1) is 6.58 Å². The van der Waals surface area contributed by atoms with Crippen LogP contribution < -0.4 is 0 Å². The number of nitrogens with zero attached hydrogens (tertiary/aromatic N) is 1. The fourth-order valence-electron chi connectivity index (χ4n) is 9.34. The van der Waals surface area contributed by atoms with Crippen molar-refractivity contribution in [3.8, 4) is 0 Å². The number of fused-ring (bicyclic) bond motifs is 1. The summed E-state index contributed by atoms with van der Waals surface area (Å²) in [5, 5.41) is -0.0492. The van der Waals surface area contributed by atoms with Gasteiger partial charge in [-0.2, -0.15) is 0 Å². The molecule has 0 N–H and O–H groups in total. The molecule has 2 aromatic carbocycles. The predicted octanol–water partition coefficient (Wildman–Crippen LogP) is 10.9. The summed E-state index contributed by atoms with van der Waals surface area (Å²) >= 11 is 0. The molecular formula is C49H69NO6Si. The van der Waals surface area contributed by atoms with Crippen LogP contribution in [-0.4, -0.2) is 74.3 Å². The highest BCUT2D eigenvalue weighted by Crippen LogP contribution is 2.45. The van der Waals surface area contributed by atoms with Gasteiger partial charge in [0, 0.05) is 12.8 Å². The van der Waals surface area contributed by atoms with E-state index in [-0.39, 0.29) is 78.0 Å². The molecule has 57 heavy (non-hydrogen) atoms. The van der Waals surface area contributed by atoms with Crippen LogP contribution >= 0.6 is 0 Å². The maximum atomic E-state index is 13.6. The molecule has 6 rings (SSSR count). The van der Waals surface area contributed by atoms with Crippen molar-refractivity contribution < 1.29 is 28.2 Å². The van der Waals surface area contributed by atoms with Crippen molar-refractivity contribution in [2.24, 2.45) is 17.8 Å². The van der Waals surface area contributed by atoms with E-state index in [9.17, 15) is 9.59 Å². The average Bonchev–Trinajstić information content (AvgIpc) is 3.76. The van der Waals surface area contributed by atoms with Gasteiger partial charge in [-0.25, -0.2) is 0 Å². The molecule has 0 aliphatic carbocycles. The molecule has 2 amide bonds. The van der Waals surface area contributed by atoms with Crippen LogP contribution in [0.4, 0.5) is 0 Å². The lowest BCUT2D eigenvalue weighted by Crippen LogP contribution is -2.49.